The number of fused-ring (bicyclic) bond motifs is 2. The largest absolute Gasteiger partial charge is 0.270 e. The summed E-state index contributed by atoms with van der Waals surface area (Å²) in [5.74, 6) is 0. The molecule has 1 heterocycles. The predicted octanol–water partition coefficient (Wildman–Crippen LogP) is 4.96. The third-order valence-electron chi connectivity index (χ3n) is 3.93. The van der Waals surface area contributed by atoms with Crippen LogP contribution < -0.4 is 0 Å². The Balaban J connectivity index is 1.84. The molecule has 4 rings (SSSR count). The van der Waals surface area contributed by atoms with Gasteiger partial charge in [-0.15, -0.1) is 0 Å². The summed E-state index contributed by atoms with van der Waals surface area (Å²) in [6, 6.07) is 22.9. The average Bonchev–Trinajstić information content (AvgIpc) is 2.60. The van der Waals surface area contributed by atoms with Crippen molar-refractivity contribution in [1.82, 2.24) is 4.98 Å². The van der Waals surface area contributed by atoms with Crippen molar-refractivity contribution in [3.63, 3.8) is 0 Å². The molecule has 110 valence electrons. The van der Waals surface area contributed by atoms with Gasteiger partial charge in [-0.25, -0.2) is 4.98 Å². The third kappa shape index (κ3) is 2.40. The van der Waals surface area contributed by atoms with Gasteiger partial charge < -0.3 is 0 Å². The van der Waals surface area contributed by atoms with Crippen LogP contribution in [0.3, 0.4) is 0 Å². The normalized spacial score (nSPS) is 11.0. The second-order valence-electron chi connectivity index (χ2n) is 5.39. The number of nitrogens with zero attached hydrogens (tertiary/aromatic N) is 2. The Morgan fingerprint density at radius 1 is 0.783 bits per heavy atom. The fourth-order valence-corrected chi connectivity index (χ4v) is 2.74. The Labute approximate surface area is 132 Å². The van der Waals surface area contributed by atoms with Crippen LogP contribution in [-0.2, 0) is 0 Å². The lowest BCUT2D eigenvalue weighted by Gasteiger charge is -2.05. The molecule has 0 spiro atoms. The smallest absolute Gasteiger partial charge is 0.258 e. The molecular formula is C19H12N2O2. The van der Waals surface area contributed by atoms with E-state index in [1.54, 1.807) is 12.1 Å². The summed E-state index contributed by atoms with van der Waals surface area (Å²) in [6.45, 7) is 0. The van der Waals surface area contributed by atoms with Crippen molar-refractivity contribution in [1.29, 1.82) is 0 Å². The van der Waals surface area contributed by atoms with E-state index in [0.29, 0.717) is 0 Å². The molecule has 0 saturated carbocycles. The van der Waals surface area contributed by atoms with Crippen LogP contribution in [0.25, 0.3) is 32.9 Å². The molecular weight excluding hydrogens is 288 g/mol. The lowest BCUT2D eigenvalue weighted by atomic mass is 10.0. The Hall–Kier alpha value is -3.27. The number of rotatable bonds is 2. The zero-order valence-electron chi connectivity index (χ0n) is 12.1. The van der Waals surface area contributed by atoms with Crippen LogP contribution in [0.1, 0.15) is 0 Å². The van der Waals surface area contributed by atoms with Crippen molar-refractivity contribution in [3.8, 4) is 11.3 Å². The molecule has 0 atom stereocenters. The second kappa shape index (κ2) is 5.18. The fraction of sp³-hybridized carbons (Fsp3) is 0. The molecule has 0 aliphatic carbocycles. The van der Waals surface area contributed by atoms with E-state index in [1.165, 1.54) is 11.5 Å². The molecule has 23 heavy (non-hydrogen) atoms. The third-order valence-corrected chi connectivity index (χ3v) is 3.93. The molecule has 4 aromatic rings. The van der Waals surface area contributed by atoms with Crippen LogP contribution in [0, 0.1) is 10.1 Å². The molecule has 0 aliphatic rings. The number of non-ortho nitro benzene ring substituents is 1. The summed E-state index contributed by atoms with van der Waals surface area (Å²) in [4.78, 5) is 15.1. The number of nitro groups is 1. The highest BCUT2D eigenvalue weighted by Crippen LogP contribution is 2.26. The van der Waals surface area contributed by atoms with E-state index in [2.05, 4.69) is 29.2 Å². The maximum atomic E-state index is 10.8. The van der Waals surface area contributed by atoms with Gasteiger partial charge in [-0.05, 0) is 29.0 Å². The molecule has 1 aromatic heterocycles. The predicted molar refractivity (Wildman–Crippen MR) is 91.3 cm³/mol. The molecule has 4 heteroatoms. The molecule has 3 aromatic carbocycles. The molecule has 0 unspecified atom stereocenters. The van der Waals surface area contributed by atoms with Crippen LogP contribution in [0.15, 0.2) is 72.8 Å². The van der Waals surface area contributed by atoms with E-state index in [-0.39, 0.29) is 5.69 Å². The van der Waals surface area contributed by atoms with E-state index in [4.69, 9.17) is 0 Å². The molecule has 0 fully saturated rings. The van der Waals surface area contributed by atoms with Crippen LogP contribution in [0.5, 0.6) is 0 Å². The van der Waals surface area contributed by atoms with Crippen molar-refractivity contribution < 1.29 is 4.92 Å². The number of hydrogen-bond donors (Lipinski definition) is 0. The lowest BCUT2D eigenvalue weighted by molar-refractivity contribution is -0.384. The van der Waals surface area contributed by atoms with E-state index in [9.17, 15) is 10.1 Å². The number of benzene rings is 3. The number of aromatic nitrogens is 1. The summed E-state index contributed by atoms with van der Waals surface area (Å²) in [5.41, 5.74) is 2.72. The summed E-state index contributed by atoms with van der Waals surface area (Å²) in [5, 5.41) is 14.0. The number of pyridine rings is 1. The van der Waals surface area contributed by atoms with Gasteiger partial charge >= 0.3 is 0 Å². The first-order valence-corrected chi connectivity index (χ1v) is 7.25. The van der Waals surface area contributed by atoms with Gasteiger partial charge in [0.1, 0.15) is 0 Å². The summed E-state index contributed by atoms with van der Waals surface area (Å²) >= 11 is 0. The van der Waals surface area contributed by atoms with Gasteiger partial charge in [0, 0.05) is 23.1 Å². The molecule has 4 nitrogen and oxygen atoms in total. The summed E-state index contributed by atoms with van der Waals surface area (Å²) in [7, 11) is 0. The lowest BCUT2D eigenvalue weighted by Crippen LogP contribution is -1.89. The van der Waals surface area contributed by atoms with Gasteiger partial charge in [0.2, 0.25) is 0 Å². The quantitative estimate of drug-likeness (QED) is 0.388. The van der Waals surface area contributed by atoms with Crippen molar-refractivity contribution in [2.45, 2.75) is 0 Å². The molecule has 0 aliphatic heterocycles. The number of hydrogen-bond acceptors (Lipinski definition) is 3. The second-order valence-corrected chi connectivity index (χ2v) is 5.39. The fourth-order valence-electron chi connectivity index (χ4n) is 2.74. The Bertz CT molecular complexity index is 1060. The molecule has 0 N–H and O–H groups in total. The van der Waals surface area contributed by atoms with Crippen LogP contribution in [0.2, 0.25) is 0 Å². The van der Waals surface area contributed by atoms with Gasteiger partial charge in [-0.3, -0.25) is 10.1 Å². The van der Waals surface area contributed by atoms with Gasteiger partial charge in [0.05, 0.1) is 16.1 Å². The minimum Gasteiger partial charge on any atom is -0.258 e. The first-order valence-electron chi connectivity index (χ1n) is 7.25. The standard InChI is InChI=1S/C19H12N2O2/c22-21(23)17-8-10-19-16(12-17)7-9-18(20-19)15-6-5-13-3-1-2-4-14(13)11-15/h1-12H. The highest BCUT2D eigenvalue weighted by molar-refractivity contribution is 5.88. The minimum atomic E-state index is -0.392. The van der Waals surface area contributed by atoms with Crippen LogP contribution in [0.4, 0.5) is 5.69 Å². The van der Waals surface area contributed by atoms with E-state index in [1.807, 2.05) is 30.3 Å². The van der Waals surface area contributed by atoms with Crippen molar-refractivity contribution in [2.24, 2.45) is 0 Å². The van der Waals surface area contributed by atoms with Gasteiger partial charge in [0.25, 0.3) is 5.69 Å². The average molecular weight is 300 g/mol. The first kappa shape index (κ1) is 13.4. The Kier molecular flexibility index (Phi) is 3.01. The molecule has 0 radical (unpaired) electrons. The monoisotopic (exact) mass is 300 g/mol. The highest BCUT2D eigenvalue weighted by Gasteiger charge is 2.08. The highest BCUT2D eigenvalue weighted by atomic mass is 16.6. The number of nitro benzene ring substituents is 1. The maximum Gasteiger partial charge on any atom is 0.270 e. The maximum absolute atomic E-state index is 10.8. The summed E-state index contributed by atoms with van der Waals surface area (Å²) < 4.78 is 0. The van der Waals surface area contributed by atoms with E-state index >= 15 is 0 Å². The zero-order valence-corrected chi connectivity index (χ0v) is 12.1. The van der Waals surface area contributed by atoms with E-state index in [0.717, 1.165) is 27.5 Å². The first-order chi connectivity index (χ1) is 11.2. The SMILES string of the molecule is O=[N+]([O-])c1ccc2nc(-c3ccc4ccccc4c3)ccc2c1. The van der Waals surface area contributed by atoms with Crippen molar-refractivity contribution in [3.05, 3.63) is 82.9 Å². The van der Waals surface area contributed by atoms with Crippen LogP contribution in [-0.4, -0.2) is 9.91 Å². The zero-order chi connectivity index (χ0) is 15.8. The summed E-state index contributed by atoms with van der Waals surface area (Å²) in [6.07, 6.45) is 0. The molecule has 0 saturated heterocycles. The van der Waals surface area contributed by atoms with Gasteiger partial charge in [-0.2, -0.15) is 0 Å². The molecule has 0 amide bonds. The Morgan fingerprint density at radius 2 is 1.57 bits per heavy atom. The minimum absolute atomic E-state index is 0.0813. The topological polar surface area (TPSA) is 56.0 Å². The Morgan fingerprint density at radius 3 is 2.39 bits per heavy atom. The van der Waals surface area contributed by atoms with Gasteiger partial charge in [0.15, 0.2) is 0 Å². The van der Waals surface area contributed by atoms with Crippen molar-refractivity contribution in [2.75, 3.05) is 0 Å². The molecule has 0 bridgehead atoms. The van der Waals surface area contributed by atoms with E-state index < -0.39 is 4.92 Å². The van der Waals surface area contributed by atoms with Crippen molar-refractivity contribution >= 4 is 27.4 Å². The van der Waals surface area contributed by atoms with Crippen LogP contribution >= 0.6 is 0 Å². The van der Waals surface area contributed by atoms with Gasteiger partial charge in [-0.1, -0.05) is 42.5 Å².